The van der Waals surface area contributed by atoms with Gasteiger partial charge in [0.2, 0.25) is 0 Å². The van der Waals surface area contributed by atoms with Crippen molar-refractivity contribution in [3.05, 3.63) is 36.3 Å². The maximum absolute atomic E-state index is 12.0. The quantitative estimate of drug-likeness (QED) is 0.686. The lowest BCUT2D eigenvalue weighted by Crippen LogP contribution is -2.09. The number of anilines is 2. The lowest BCUT2D eigenvalue weighted by molar-refractivity contribution is 0.0526. The van der Waals surface area contributed by atoms with Crippen LogP contribution >= 0.6 is 11.3 Å². The van der Waals surface area contributed by atoms with Gasteiger partial charge in [0.15, 0.2) is 5.13 Å². The van der Waals surface area contributed by atoms with Crippen LogP contribution in [0.3, 0.4) is 0 Å². The van der Waals surface area contributed by atoms with E-state index in [1.165, 1.54) is 23.9 Å². The molecule has 0 spiro atoms. The Morgan fingerprint density at radius 3 is 2.96 bits per heavy atom. The van der Waals surface area contributed by atoms with Crippen LogP contribution in [0.1, 0.15) is 24.2 Å². The number of rotatable bonds is 6. The second-order valence-corrected chi connectivity index (χ2v) is 5.74. The molecule has 1 aromatic carbocycles. The SMILES string of the molecule is CCOC(=O)c1cncnc1Nc1nc2ccc(OCC)cc2s1. The van der Waals surface area contributed by atoms with E-state index in [0.29, 0.717) is 17.6 Å². The maximum atomic E-state index is 12.0. The van der Waals surface area contributed by atoms with Crippen molar-refractivity contribution in [1.29, 1.82) is 0 Å². The highest BCUT2D eigenvalue weighted by atomic mass is 32.1. The van der Waals surface area contributed by atoms with E-state index in [-0.39, 0.29) is 12.2 Å². The Labute approximate surface area is 142 Å². The number of carbonyl (C=O) groups is 1. The van der Waals surface area contributed by atoms with Crippen molar-refractivity contribution < 1.29 is 14.3 Å². The van der Waals surface area contributed by atoms with Gasteiger partial charge in [-0.05, 0) is 32.0 Å². The number of benzene rings is 1. The van der Waals surface area contributed by atoms with E-state index in [1.807, 2.05) is 25.1 Å². The minimum absolute atomic E-state index is 0.272. The first-order valence-electron chi connectivity index (χ1n) is 7.48. The lowest BCUT2D eigenvalue weighted by atomic mass is 10.3. The van der Waals surface area contributed by atoms with Crippen molar-refractivity contribution in [3.63, 3.8) is 0 Å². The number of thiazole rings is 1. The molecule has 1 N–H and O–H groups in total. The Bertz CT molecular complexity index is 865. The molecule has 3 aromatic rings. The molecular formula is C16H16N4O3S. The van der Waals surface area contributed by atoms with E-state index >= 15 is 0 Å². The molecule has 0 bridgehead atoms. The smallest absolute Gasteiger partial charge is 0.343 e. The molecule has 8 heteroatoms. The highest BCUT2D eigenvalue weighted by molar-refractivity contribution is 7.22. The minimum atomic E-state index is -0.472. The standard InChI is InChI=1S/C16H16N4O3S/c1-3-22-10-5-6-12-13(7-10)24-16(19-12)20-14-11(8-17-9-18-14)15(21)23-4-2/h5-9H,3-4H2,1-2H3,(H,17,18,19,20). The summed E-state index contributed by atoms with van der Waals surface area (Å²) < 4.78 is 11.5. The number of ether oxygens (including phenoxy) is 2. The fourth-order valence-electron chi connectivity index (χ4n) is 2.10. The molecule has 0 amide bonds. The number of hydrogen-bond donors (Lipinski definition) is 1. The van der Waals surface area contributed by atoms with Crippen LogP contribution in [0.4, 0.5) is 10.9 Å². The third kappa shape index (κ3) is 3.43. The second kappa shape index (κ2) is 7.22. The summed E-state index contributed by atoms with van der Waals surface area (Å²) in [5.41, 5.74) is 1.12. The third-order valence-electron chi connectivity index (χ3n) is 3.10. The summed E-state index contributed by atoms with van der Waals surface area (Å²) in [7, 11) is 0. The molecule has 0 saturated heterocycles. The van der Waals surface area contributed by atoms with Crippen LogP contribution in [0.15, 0.2) is 30.7 Å². The molecule has 2 aromatic heterocycles. The zero-order valence-corrected chi connectivity index (χ0v) is 14.1. The molecule has 0 atom stereocenters. The number of fused-ring (bicyclic) bond motifs is 1. The fourth-order valence-corrected chi connectivity index (χ4v) is 3.00. The van der Waals surface area contributed by atoms with Crippen molar-refractivity contribution in [2.24, 2.45) is 0 Å². The molecule has 24 heavy (non-hydrogen) atoms. The molecule has 3 rings (SSSR count). The predicted octanol–water partition coefficient (Wildman–Crippen LogP) is 3.41. The van der Waals surface area contributed by atoms with E-state index in [4.69, 9.17) is 9.47 Å². The molecule has 0 unspecified atom stereocenters. The number of aromatic nitrogens is 3. The zero-order valence-electron chi connectivity index (χ0n) is 13.3. The van der Waals surface area contributed by atoms with Gasteiger partial charge in [0.05, 0.1) is 23.4 Å². The van der Waals surface area contributed by atoms with Crippen LogP contribution in [0.2, 0.25) is 0 Å². The molecule has 7 nitrogen and oxygen atoms in total. The Morgan fingerprint density at radius 1 is 1.29 bits per heavy atom. The first-order valence-corrected chi connectivity index (χ1v) is 8.30. The van der Waals surface area contributed by atoms with Crippen molar-refractivity contribution in [2.45, 2.75) is 13.8 Å². The molecular weight excluding hydrogens is 328 g/mol. The van der Waals surface area contributed by atoms with Gasteiger partial charge in [-0.25, -0.2) is 19.7 Å². The van der Waals surface area contributed by atoms with E-state index in [0.717, 1.165) is 16.0 Å². The van der Waals surface area contributed by atoms with Crippen LogP contribution in [0.5, 0.6) is 5.75 Å². The van der Waals surface area contributed by atoms with Crippen LogP contribution in [-0.2, 0) is 4.74 Å². The first-order chi connectivity index (χ1) is 11.7. The molecule has 124 valence electrons. The van der Waals surface area contributed by atoms with Crippen LogP contribution < -0.4 is 10.1 Å². The lowest BCUT2D eigenvalue weighted by Gasteiger charge is -2.07. The Kier molecular flexibility index (Phi) is 4.85. The molecule has 0 aliphatic carbocycles. The van der Waals surface area contributed by atoms with E-state index in [9.17, 15) is 4.79 Å². The van der Waals surface area contributed by atoms with Gasteiger partial charge in [0.25, 0.3) is 0 Å². The number of nitrogens with zero attached hydrogens (tertiary/aromatic N) is 3. The maximum Gasteiger partial charge on any atom is 0.343 e. The highest BCUT2D eigenvalue weighted by Crippen LogP contribution is 2.31. The van der Waals surface area contributed by atoms with Gasteiger partial charge in [-0.2, -0.15) is 0 Å². The number of hydrogen-bond acceptors (Lipinski definition) is 8. The van der Waals surface area contributed by atoms with Crippen molar-refractivity contribution in [1.82, 2.24) is 15.0 Å². The van der Waals surface area contributed by atoms with Gasteiger partial charge < -0.3 is 14.8 Å². The van der Waals surface area contributed by atoms with Gasteiger partial charge in [0, 0.05) is 6.20 Å². The predicted molar refractivity (Wildman–Crippen MR) is 92.1 cm³/mol. The number of esters is 1. The summed E-state index contributed by atoms with van der Waals surface area (Å²) in [4.78, 5) is 24.5. The van der Waals surface area contributed by atoms with Gasteiger partial charge >= 0.3 is 5.97 Å². The van der Waals surface area contributed by atoms with Gasteiger partial charge in [-0.15, -0.1) is 0 Å². The van der Waals surface area contributed by atoms with Crippen molar-refractivity contribution in [2.75, 3.05) is 18.5 Å². The molecule has 2 heterocycles. The first kappa shape index (κ1) is 16.1. The third-order valence-corrected chi connectivity index (χ3v) is 4.04. The van der Waals surface area contributed by atoms with Crippen molar-refractivity contribution >= 4 is 38.5 Å². The monoisotopic (exact) mass is 344 g/mol. The zero-order chi connectivity index (χ0) is 16.9. The highest BCUT2D eigenvalue weighted by Gasteiger charge is 2.15. The summed E-state index contributed by atoms with van der Waals surface area (Å²) in [6.45, 7) is 4.59. The number of nitrogens with one attached hydrogen (secondary N) is 1. The van der Waals surface area contributed by atoms with E-state index in [2.05, 4.69) is 20.3 Å². The average molecular weight is 344 g/mol. The van der Waals surface area contributed by atoms with Crippen LogP contribution in [0, 0.1) is 0 Å². The van der Waals surface area contributed by atoms with Crippen LogP contribution in [0.25, 0.3) is 10.2 Å². The van der Waals surface area contributed by atoms with Gasteiger partial charge in [0.1, 0.15) is 23.5 Å². The van der Waals surface area contributed by atoms with Gasteiger partial charge in [-0.3, -0.25) is 0 Å². The summed E-state index contributed by atoms with van der Waals surface area (Å²) in [6.07, 6.45) is 2.79. The fraction of sp³-hybridized carbons (Fsp3) is 0.250. The molecule has 0 saturated carbocycles. The van der Waals surface area contributed by atoms with E-state index < -0.39 is 5.97 Å². The van der Waals surface area contributed by atoms with Crippen molar-refractivity contribution in [3.8, 4) is 5.75 Å². The molecule has 0 radical (unpaired) electrons. The van der Waals surface area contributed by atoms with E-state index in [1.54, 1.807) is 6.92 Å². The average Bonchev–Trinajstić information content (AvgIpc) is 2.97. The van der Waals surface area contributed by atoms with Crippen LogP contribution in [-0.4, -0.2) is 34.1 Å². The second-order valence-electron chi connectivity index (χ2n) is 4.71. The minimum Gasteiger partial charge on any atom is -0.494 e. The summed E-state index contributed by atoms with van der Waals surface area (Å²) in [6, 6.07) is 5.71. The summed E-state index contributed by atoms with van der Waals surface area (Å²) >= 11 is 1.45. The summed E-state index contributed by atoms with van der Waals surface area (Å²) in [5.74, 6) is 0.697. The molecule has 0 aliphatic heterocycles. The number of carbonyl (C=O) groups excluding carboxylic acids is 1. The molecule has 0 aliphatic rings. The Hall–Kier alpha value is -2.74. The summed E-state index contributed by atoms with van der Waals surface area (Å²) in [5, 5.41) is 3.70. The largest absolute Gasteiger partial charge is 0.494 e. The normalized spacial score (nSPS) is 10.6. The topological polar surface area (TPSA) is 86.2 Å². The molecule has 0 fully saturated rings. The van der Waals surface area contributed by atoms with Gasteiger partial charge in [-0.1, -0.05) is 11.3 Å². The Balaban J connectivity index is 1.88. The Morgan fingerprint density at radius 2 is 2.17 bits per heavy atom.